The van der Waals surface area contributed by atoms with E-state index in [0.717, 1.165) is 64.7 Å². The lowest BCUT2D eigenvalue weighted by atomic mass is 9.84. The third-order valence-corrected chi connectivity index (χ3v) is 10.4. The molecule has 2 amide bonds. The molecule has 0 bridgehead atoms. The number of anilines is 2. The highest BCUT2D eigenvalue weighted by Crippen LogP contribution is 2.48. The van der Waals surface area contributed by atoms with E-state index in [1.54, 1.807) is 6.07 Å². The van der Waals surface area contributed by atoms with Crippen molar-refractivity contribution in [2.75, 3.05) is 10.6 Å². The quantitative estimate of drug-likeness (QED) is 0.0836. The van der Waals surface area contributed by atoms with Crippen LogP contribution in [0.2, 0.25) is 0 Å². The number of hydrogen-bond acceptors (Lipinski definition) is 5. The van der Waals surface area contributed by atoms with Gasteiger partial charge in [0.25, 0.3) is 11.8 Å². The number of fused-ring (bicyclic) bond motifs is 2. The van der Waals surface area contributed by atoms with Crippen LogP contribution in [0.4, 0.5) is 11.4 Å². The van der Waals surface area contributed by atoms with Gasteiger partial charge in [-0.25, -0.2) is 4.90 Å². The largest absolute Gasteiger partial charge is 0.455 e. The number of carbonyl (C=O) groups is 2. The summed E-state index contributed by atoms with van der Waals surface area (Å²) in [7, 11) is 7.12. The number of rotatable bonds is 6. The van der Waals surface area contributed by atoms with Gasteiger partial charge in [-0.15, -0.1) is 0 Å². The number of amides is 2. The van der Waals surface area contributed by atoms with Crippen molar-refractivity contribution < 1.29 is 14.3 Å². The molecule has 7 heteroatoms. The summed E-state index contributed by atoms with van der Waals surface area (Å²) >= 11 is 0. The number of nitrogens with two attached hydrogens (primary N) is 1. The Morgan fingerprint density at radius 1 is 0.638 bits per heavy atom. The minimum absolute atomic E-state index is 0.131. The van der Waals surface area contributed by atoms with Crippen LogP contribution in [0, 0.1) is 0 Å². The van der Waals surface area contributed by atoms with E-state index < -0.39 is 0 Å². The number of nitrogen functional groups attached to an aromatic ring is 1. The number of benzene rings is 7. The summed E-state index contributed by atoms with van der Waals surface area (Å²) in [4.78, 5) is 31.2. The van der Waals surface area contributed by atoms with Gasteiger partial charge in [0.2, 0.25) is 0 Å². The Kier molecular flexibility index (Phi) is 6.87. The van der Waals surface area contributed by atoms with Gasteiger partial charge in [0, 0.05) is 32.2 Å². The summed E-state index contributed by atoms with van der Waals surface area (Å²) < 4.78 is 6.41. The van der Waals surface area contributed by atoms with Crippen LogP contribution in [0.1, 0.15) is 71.4 Å². The van der Waals surface area contributed by atoms with Crippen molar-refractivity contribution in [2.24, 2.45) is 0 Å². The number of halogens is 1. The number of imide groups is 1. The zero-order valence-corrected chi connectivity index (χ0v) is 27.9. The highest BCUT2D eigenvalue weighted by molar-refractivity contribution is 8.21. The number of hydrogen-bond donors (Lipinski definition) is 1. The van der Waals surface area contributed by atoms with Crippen molar-refractivity contribution in [3.8, 4) is 11.5 Å². The van der Waals surface area contributed by atoms with Crippen LogP contribution in [-0.4, -0.2) is 11.8 Å². The van der Waals surface area contributed by atoms with Crippen LogP contribution in [0.15, 0.2) is 95.9 Å². The summed E-state index contributed by atoms with van der Waals surface area (Å²) in [6.07, 6.45) is 0. The van der Waals surface area contributed by atoms with Crippen molar-refractivity contribution in [1.29, 1.82) is 0 Å². The normalized spacial score (nSPS) is 13.4. The van der Waals surface area contributed by atoms with Crippen molar-refractivity contribution >= 4 is 87.9 Å². The van der Waals surface area contributed by atoms with E-state index >= 15 is 0 Å². The van der Waals surface area contributed by atoms with Crippen molar-refractivity contribution in [3.63, 3.8) is 0 Å². The maximum Gasteiger partial charge on any atom is 0.266 e. The lowest BCUT2D eigenvalue weighted by Gasteiger charge is -2.32. The average Bonchev–Trinajstić information content (AvgIpc) is 3.07. The number of ether oxygens (including phenoxy) is 1. The van der Waals surface area contributed by atoms with E-state index in [9.17, 15) is 9.59 Å². The van der Waals surface area contributed by atoms with E-state index in [-0.39, 0.29) is 23.7 Å². The summed E-state index contributed by atoms with van der Waals surface area (Å²) in [5, 5.41) is 7.62. The second-order valence-corrected chi connectivity index (χ2v) is 13.9. The lowest BCUT2D eigenvalue weighted by molar-refractivity contribution is 0.0893. The molecule has 0 unspecified atom stereocenters. The van der Waals surface area contributed by atoms with Gasteiger partial charge in [-0.1, -0.05) is 76.2 Å². The summed E-state index contributed by atoms with van der Waals surface area (Å²) in [6.45, 7) is 8.39. The van der Waals surface area contributed by atoms with Crippen LogP contribution >= 0.6 is 21.7 Å². The van der Waals surface area contributed by atoms with Gasteiger partial charge in [0.05, 0.1) is 11.4 Å². The first-order valence-electron chi connectivity index (χ1n) is 15.7. The molecule has 0 spiro atoms. The Morgan fingerprint density at radius 3 is 1.81 bits per heavy atom. The zero-order chi connectivity index (χ0) is 32.7. The first kappa shape index (κ1) is 29.6. The molecule has 8 rings (SSSR count). The van der Waals surface area contributed by atoms with Crippen LogP contribution in [0.25, 0.3) is 43.1 Å². The predicted octanol–water partition coefficient (Wildman–Crippen LogP) is 11.4. The van der Waals surface area contributed by atoms with Gasteiger partial charge >= 0.3 is 0 Å². The van der Waals surface area contributed by atoms with Crippen LogP contribution in [-0.2, 0) is 0 Å². The molecule has 5 nitrogen and oxygen atoms in total. The monoisotopic (exact) mass is 654 g/mol. The number of para-hydroxylation sites is 1. The molecule has 7 aromatic rings. The van der Waals surface area contributed by atoms with Gasteiger partial charge in [-0.05, 0) is 114 Å². The van der Waals surface area contributed by atoms with Crippen molar-refractivity contribution in [2.45, 2.75) is 44.4 Å². The molecule has 0 aromatic heterocycles. The number of nitrogens with zero attached hydrogens (tertiary/aromatic N) is 1. The fraction of sp³-hybridized carbons (Fsp3) is 0.150. The Hall–Kier alpha value is -4.78. The molecule has 2 N–H and O–H groups in total. The average molecular weight is 655 g/mol. The third kappa shape index (κ3) is 4.31. The topological polar surface area (TPSA) is 72.6 Å². The Morgan fingerprint density at radius 2 is 1.19 bits per heavy atom. The fourth-order valence-electron chi connectivity index (χ4n) is 7.29. The minimum Gasteiger partial charge on any atom is -0.455 e. The molecule has 0 saturated heterocycles. The summed E-state index contributed by atoms with van der Waals surface area (Å²) in [5.41, 5.74) is 10.6. The van der Waals surface area contributed by atoms with Gasteiger partial charge < -0.3 is 10.5 Å². The van der Waals surface area contributed by atoms with E-state index in [1.807, 2.05) is 72.8 Å². The standard InChI is InChI=1S/C40H31ClN2O3S/c1-20(2)23-7-5-8-24(21(3)4)38(23)43-39(44)30-14-12-27-25-9-6-10-29-33(46-34-19-22(47-41)11-17-32(34)42)18-16-26(35(25)29)28-13-15-31(40(43)45)37(30)36(27)28/h5-21H,42H2,1-4H3. The third-order valence-electron chi connectivity index (χ3n) is 9.47. The Bertz CT molecular complexity index is 2360. The Labute approximate surface area is 281 Å². The van der Waals surface area contributed by atoms with Crippen molar-refractivity contribution in [3.05, 3.63) is 113 Å². The minimum atomic E-state index is -0.288. The number of carbonyl (C=O) groups excluding carboxylic acids is 2. The summed E-state index contributed by atoms with van der Waals surface area (Å²) in [5.74, 6) is 0.895. The highest BCUT2D eigenvalue weighted by atomic mass is 35.7. The smallest absolute Gasteiger partial charge is 0.266 e. The molecule has 1 aliphatic rings. The molecule has 47 heavy (non-hydrogen) atoms. The van der Waals surface area contributed by atoms with Crippen LogP contribution < -0.4 is 15.4 Å². The van der Waals surface area contributed by atoms with Gasteiger partial charge in [-0.2, -0.15) is 0 Å². The second-order valence-electron chi connectivity index (χ2n) is 12.8. The molecule has 1 heterocycles. The molecule has 232 valence electrons. The van der Waals surface area contributed by atoms with E-state index in [1.165, 1.54) is 4.90 Å². The molecule has 0 radical (unpaired) electrons. The van der Waals surface area contributed by atoms with Gasteiger partial charge in [0.15, 0.2) is 5.75 Å². The lowest BCUT2D eigenvalue weighted by Crippen LogP contribution is -2.41. The molecular formula is C40H31ClN2O3S. The highest BCUT2D eigenvalue weighted by Gasteiger charge is 2.38. The molecule has 0 saturated carbocycles. The summed E-state index contributed by atoms with van der Waals surface area (Å²) in [6, 6.07) is 29.5. The molecule has 0 atom stereocenters. The zero-order valence-electron chi connectivity index (χ0n) is 26.4. The first-order valence-corrected chi connectivity index (χ1v) is 17.4. The van der Waals surface area contributed by atoms with E-state index in [4.69, 9.17) is 21.2 Å². The first-order chi connectivity index (χ1) is 22.7. The fourth-order valence-corrected chi connectivity index (χ4v) is 7.85. The molecule has 7 aromatic carbocycles. The SMILES string of the molecule is CC(C)c1cccc(C(C)C)c1N1C(=O)c2ccc3c4cccc5c(Oc6cc(SCl)ccc6N)ccc(c6ccc(c2c36)C1=O)c54. The van der Waals surface area contributed by atoms with Gasteiger partial charge in [-0.3, -0.25) is 9.59 Å². The van der Waals surface area contributed by atoms with Crippen molar-refractivity contribution in [1.82, 2.24) is 0 Å². The van der Waals surface area contributed by atoms with Crippen LogP contribution in [0.5, 0.6) is 11.5 Å². The molecule has 0 aliphatic carbocycles. The molecule has 1 aliphatic heterocycles. The maximum absolute atomic E-state index is 14.5. The Balaban J connectivity index is 1.36. The van der Waals surface area contributed by atoms with E-state index in [2.05, 4.69) is 39.8 Å². The maximum atomic E-state index is 14.5. The van der Waals surface area contributed by atoms with E-state index in [0.29, 0.717) is 39.4 Å². The second kappa shape index (κ2) is 10.9. The molecular weight excluding hydrogens is 624 g/mol. The van der Waals surface area contributed by atoms with Gasteiger partial charge in [0.1, 0.15) is 5.75 Å². The van der Waals surface area contributed by atoms with Crippen LogP contribution in [0.3, 0.4) is 0 Å². The predicted molar refractivity (Wildman–Crippen MR) is 196 cm³/mol. The molecule has 0 fully saturated rings.